The summed E-state index contributed by atoms with van der Waals surface area (Å²) in [7, 11) is 0. The van der Waals surface area contributed by atoms with Crippen molar-refractivity contribution in [3.05, 3.63) is 65.5 Å². The molecule has 2 saturated heterocycles. The summed E-state index contributed by atoms with van der Waals surface area (Å²) >= 11 is 0. The number of carboxylic acids is 1. The van der Waals surface area contributed by atoms with Crippen LogP contribution in [-0.2, 0) is 22.6 Å². The predicted molar refractivity (Wildman–Crippen MR) is 158 cm³/mol. The molecule has 8 heteroatoms. The van der Waals surface area contributed by atoms with Crippen molar-refractivity contribution >= 4 is 11.9 Å². The number of benzene rings is 2. The third kappa shape index (κ3) is 9.82. The summed E-state index contributed by atoms with van der Waals surface area (Å²) in [6.07, 6.45) is 4.71. The van der Waals surface area contributed by atoms with Crippen LogP contribution in [0.5, 0.6) is 5.75 Å². The second-order valence-electron chi connectivity index (χ2n) is 12.1. The molecule has 0 aromatic heterocycles. The SMILES string of the molecule is CC(C)COc1ccc(CC(=O)N(Cc2ccc(F)cc2)C2CCN(CCCN3CCC(C(=O)O)CC3)CC2)cc1. The lowest BCUT2D eigenvalue weighted by Gasteiger charge is -2.39. The van der Waals surface area contributed by atoms with Crippen molar-refractivity contribution in [3.63, 3.8) is 0 Å². The maximum atomic E-state index is 13.6. The second kappa shape index (κ2) is 15.3. The molecule has 2 aromatic rings. The highest BCUT2D eigenvalue weighted by Gasteiger charge is 2.29. The first-order chi connectivity index (χ1) is 19.8. The van der Waals surface area contributed by atoms with E-state index in [-0.39, 0.29) is 23.7 Å². The summed E-state index contributed by atoms with van der Waals surface area (Å²) in [5.41, 5.74) is 1.90. The summed E-state index contributed by atoms with van der Waals surface area (Å²) in [5.74, 6) is 0.235. The van der Waals surface area contributed by atoms with Crippen molar-refractivity contribution in [2.75, 3.05) is 45.9 Å². The van der Waals surface area contributed by atoms with Crippen LogP contribution in [0.2, 0.25) is 0 Å². The predicted octanol–water partition coefficient (Wildman–Crippen LogP) is 5.08. The van der Waals surface area contributed by atoms with E-state index in [2.05, 4.69) is 23.6 Å². The quantitative estimate of drug-likeness (QED) is 0.364. The first-order valence-electron chi connectivity index (χ1n) is 15.2. The standard InChI is InChI=1S/C33H46FN3O4/c1-25(2)24-41-31-10-6-26(7-11-31)22-32(38)37(23-27-4-8-29(34)9-5-27)30-14-20-36(21-15-30)17-3-16-35-18-12-28(13-19-35)33(39)40/h4-11,25,28,30H,3,12-24H2,1-2H3,(H,39,40). The number of carbonyl (C=O) groups excluding carboxylic acids is 1. The molecule has 2 aromatic carbocycles. The molecule has 41 heavy (non-hydrogen) atoms. The summed E-state index contributed by atoms with van der Waals surface area (Å²) < 4.78 is 19.3. The van der Waals surface area contributed by atoms with E-state index < -0.39 is 5.97 Å². The van der Waals surface area contributed by atoms with Gasteiger partial charge in [0.15, 0.2) is 0 Å². The number of likely N-dealkylation sites (tertiary alicyclic amines) is 2. The van der Waals surface area contributed by atoms with Gasteiger partial charge in [-0.25, -0.2) is 4.39 Å². The van der Waals surface area contributed by atoms with E-state index in [0.717, 1.165) is 88.2 Å². The van der Waals surface area contributed by atoms with E-state index in [1.807, 2.05) is 29.2 Å². The molecule has 0 aliphatic carbocycles. The maximum absolute atomic E-state index is 13.6. The lowest BCUT2D eigenvalue weighted by Crippen LogP contribution is -2.48. The molecule has 2 heterocycles. The number of nitrogens with zero attached hydrogens (tertiary/aromatic N) is 3. The number of rotatable bonds is 13. The fourth-order valence-corrected chi connectivity index (χ4v) is 5.83. The molecular formula is C33H46FN3O4. The van der Waals surface area contributed by atoms with E-state index in [9.17, 15) is 19.1 Å². The number of carboxylic acid groups (broad SMARTS) is 1. The Hall–Kier alpha value is -2.97. The van der Waals surface area contributed by atoms with E-state index >= 15 is 0 Å². The van der Waals surface area contributed by atoms with Gasteiger partial charge in [0.05, 0.1) is 18.9 Å². The van der Waals surface area contributed by atoms with Crippen LogP contribution in [-0.4, -0.2) is 83.6 Å². The number of halogens is 1. The summed E-state index contributed by atoms with van der Waals surface area (Å²) in [4.78, 5) is 31.7. The minimum Gasteiger partial charge on any atom is -0.493 e. The van der Waals surface area contributed by atoms with Crippen LogP contribution in [0.1, 0.15) is 57.1 Å². The summed E-state index contributed by atoms with van der Waals surface area (Å²) in [6, 6.07) is 14.4. The Morgan fingerprint density at radius 2 is 1.46 bits per heavy atom. The lowest BCUT2D eigenvalue weighted by molar-refractivity contribution is -0.143. The first-order valence-corrected chi connectivity index (χ1v) is 15.2. The van der Waals surface area contributed by atoms with Crippen molar-refractivity contribution in [1.82, 2.24) is 14.7 Å². The number of aliphatic carboxylic acids is 1. The van der Waals surface area contributed by atoms with E-state index in [1.165, 1.54) is 12.1 Å². The molecule has 1 N–H and O–H groups in total. The Morgan fingerprint density at radius 1 is 0.902 bits per heavy atom. The van der Waals surface area contributed by atoms with E-state index in [1.54, 1.807) is 12.1 Å². The Balaban J connectivity index is 1.29. The Kier molecular flexibility index (Phi) is 11.6. The van der Waals surface area contributed by atoms with Crippen molar-refractivity contribution in [3.8, 4) is 5.75 Å². The van der Waals surface area contributed by atoms with Crippen molar-refractivity contribution in [2.45, 2.75) is 65.0 Å². The lowest BCUT2D eigenvalue weighted by atomic mass is 9.97. The highest BCUT2D eigenvalue weighted by Crippen LogP contribution is 2.23. The molecule has 0 bridgehead atoms. The average molecular weight is 568 g/mol. The van der Waals surface area contributed by atoms with Gasteiger partial charge < -0.3 is 24.5 Å². The van der Waals surface area contributed by atoms with Crippen LogP contribution < -0.4 is 4.74 Å². The Bertz CT molecular complexity index is 1090. The topological polar surface area (TPSA) is 73.3 Å². The zero-order valence-corrected chi connectivity index (χ0v) is 24.6. The molecule has 2 aliphatic heterocycles. The molecule has 0 unspecified atom stereocenters. The fourth-order valence-electron chi connectivity index (χ4n) is 5.83. The molecule has 0 radical (unpaired) electrons. The highest BCUT2D eigenvalue weighted by atomic mass is 19.1. The van der Waals surface area contributed by atoms with Gasteiger partial charge >= 0.3 is 5.97 Å². The number of hydrogen-bond donors (Lipinski definition) is 1. The largest absolute Gasteiger partial charge is 0.493 e. The minimum absolute atomic E-state index is 0.0911. The molecule has 0 atom stereocenters. The smallest absolute Gasteiger partial charge is 0.306 e. The van der Waals surface area contributed by atoms with Crippen LogP contribution in [0.15, 0.2) is 48.5 Å². The van der Waals surface area contributed by atoms with Gasteiger partial charge in [0.1, 0.15) is 11.6 Å². The van der Waals surface area contributed by atoms with E-state index in [0.29, 0.717) is 25.5 Å². The van der Waals surface area contributed by atoms with Gasteiger partial charge in [-0.3, -0.25) is 9.59 Å². The molecule has 2 aliphatic rings. The fraction of sp³-hybridized carbons (Fsp3) is 0.576. The number of hydrogen-bond acceptors (Lipinski definition) is 5. The zero-order chi connectivity index (χ0) is 29.2. The molecule has 1 amide bonds. The molecule has 7 nitrogen and oxygen atoms in total. The van der Waals surface area contributed by atoms with Crippen molar-refractivity contribution < 1.29 is 23.8 Å². The average Bonchev–Trinajstić information content (AvgIpc) is 2.97. The van der Waals surface area contributed by atoms with Gasteiger partial charge in [0, 0.05) is 25.7 Å². The maximum Gasteiger partial charge on any atom is 0.306 e. The monoisotopic (exact) mass is 567 g/mol. The molecule has 0 saturated carbocycles. The van der Waals surface area contributed by atoms with Gasteiger partial charge in [-0.05, 0) is 99.6 Å². The third-order valence-corrected chi connectivity index (χ3v) is 8.33. The molecule has 2 fully saturated rings. The molecular weight excluding hydrogens is 521 g/mol. The zero-order valence-electron chi connectivity index (χ0n) is 24.6. The minimum atomic E-state index is -0.663. The van der Waals surface area contributed by atoms with Crippen LogP contribution in [0.3, 0.4) is 0 Å². The van der Waals surface area contributed by atoms with E-state index in [4.69, 9.17) is 4.74 Å². The number of ether oxygens (including phenoxy) is 1. The number of amides is 1. The Labute approximate surface area is 244 Å². The van der Waals surface area contributed by atoms with Crippen LogP contribution in [0.25, 0.3) is 0 Å². The Morgan fingerprint density at radius 3 is 2.02 bits per heavy atom. The van der Waals surface area contributed by atoms with Crippen LogP contribution >= 0.6 is 0 Å². The van der Waals surface area contributed by atoms with Crippen LogP contribution in [0.4, 0.5) is 4.39 Å². The molecule has 0 spiro atoms. The van der Waals surface area contributed by atoms with Gasteiger partial charge in [-0.1, -0.05) is 38.1 Å². The van der Waals surface area contributed by atoms with Gasteiger partial charge in [-0.2, -0.15) is 0 Å². The summed E-state index contributed by atoms with van der Waals surface area (Å²) in [5, 5.41) is 9.21. The summed E-state index contributed by atoms with van der Waals surface area (Å²) in [6.45, 7) is 11.0. The van der Waals surface area contributed by atoms with Crippen LogP contribution in [0, 0.1) is 17.7 Å². The van der Waals surface area contributed by atoms with Gasteiger partial charge in [-0.15, -0.1) is 0 Å². The normalized spacial score (nSPS) is 17.6. The molecule has 4 rings (SSSR count). The first kappa shape index (κ1) is 31.0. The number of carbonyl (C=O) groups is 2. The van der Waals surface area contributed by atoms with Gasteiger partial charge in [0.2, 0.25) is 5.91 Å². The highest BCUT2D eigenvalue weighted by molar-refractivity contribution is 5.79. The third-order valence-electron chi connectivity index (χ3n) is 8.33. The second-order valence-corrected chi connectivity index (χ2v) is 12.1. The number of piperidine rings is 2. The van der Waals surface area contributed by atoms with Crippen molar-refractivity contribution in [2.24, 2.45) is 11.8 Å². The van der Waals surface area contributed by atoms with Crippen molar-refractivity contribution in [1.29, 1.82) is 0 Å². The van der Waals surface area contributed by atoms with Gasteiger partial charge in [0.25, 0.3) is 0 Å². The molecule has 224 valence electrons.